The van der Waals surface area contributed by atoms with E-state index < -0.39 is 6.10 Å². The fraction of sp³-hybridized carbons (Fsp3) is 0.800. The maximum Gasteiger partial charge on any atom is 0.337 e. The molecule has 1 fully saturated rings. The summed E-state index contributed by atoms with van der Waals surface area (Å²) < 4.78 is 5.02. The molecular weight excluding hydrogens is 242 g/mol. The maximum absolute atomic E-state index is 11.8. The van der Waals surface area contributed by atoms with Crippen LogP contribution >= 0.6 is 0 Å². The summed E-state index contributed by atoms with van der Waals surface area (Å²) in [6, 6.07) is 0. The normalized spacial score (nSPS) is 23.6. The predicted octanol–water partition coefficient (Wildman–Crippen LogP) is 3.08. The SMILES string of the molecule is C=CCOC(=O)C(C)ON1C(C)(C)CCCC1(C)C. The number of carbonyl (C=O) groups excluding carboxylic acids is 1. The molecule has 0 aromatic rings. The molecule has 1 saturated heterocycles. The molecule has 1 heterocycles. The second kappa shape index (κ2) is 6.06. The predicted molar refractivity (Wildman–Crippen MR) is 75.6 cm³/mol. The number of piperidine rings is 1. The molecule has 4 nitrogen and oxygen atoms in total. The summed E-state index contributed by atoms with van der Waals surface area (Å²) in [7, 11) is 0. The van der Waals surface area contributed by atoms with E-state index in [0.717, 1.165) is 12.8 Å². The second-order valence-electron chi connectivity index (χ2n) is 6.44. The van der Waals surface area contributed by atoms with Gasteiger partial charge in [-0.15, -0.1) is 0 Å². The van der Waals surface area contributed by atoms with Crippen LogP contribution < -0.4 is 0 Å². The van der Waals surface area contributed by atoms with Crippen LogP contribution in [-0.2, 0) is 14.4 Å². The lowest BCUT2D eigenvalue weighted by molar-refractivity contribution is -0.299. The van der Waals surface area contributed by atoms with E-state index in [-0.39, 0.29) is 23.7 Å². The zero-order valence-corrected chi connectivity index (χ0v) is 12.9. The number of ether oxygens (including phenoxy) is 1. The molecule has 0 aromatic heterocycles. The van der Waals surface area contributed by atoms with E-state index in [9.17, 15) is 4.79 Å². The summed E-state index contributed by atoms with van der Waals surface area (Å²) in [6.07, 6.45) is 4.25. The minimum absolute atomic E-state index is 0.0747. The number of hydroxylamine groups is 2. The van der Waals surface area contributed by atoms with E-state index in [2.05, 4.69) is 34.3 Å². The highest BCUT2D eigenvalue weighted by Gasteiger charge is 2.44. The average molecular weight is 269 g/mol. The fourth-order valence-electron chi connectivity index (χ4n) is 2.72. The average Bonchev–Trinajstić information content (AvgIpc) is 2.30. The molecule has 1 atom stereocenters. The van der Waals surface area contributed by atoms with Crippen molar-refractivity contribution in [3.8, 4) is 0 Å². The highest BCUT2D eigenvalue weighted by Crippen LogP contribution is 2.38. The molecule has 0 radical (unpaired) electrons. The summed E-state index contributed by atoms with van der Waals surface area (Å²) in [5.41, 5.74) is -0.149. The molecule has 1 aliphatic rings. The third-order valence-corrected chi connectivity index (χ3v) is 3.62. The molecule has 0 amide bonds. The van der Waals surface area contributed by atoms with Crippen molar-refractivity contribution in [2.75, 3.05) is 6.61 Å². The van der Waals surface area contributed by atoms with Gasteiger partial charge >= 0.3 is 5.97 Å². The Morgan fingerprint density at radius 1 is 1.32 bits per heavy atom. The Hall–Kier alpha value is -0.870. The number of hydrogen-bond acceptors (Lipinski definition) is 4. The van der Waals surface area contributed by atoms with E-state index in [1.807, 2.05) is 5.06 Å². The van der Waals surface area contributed by atoms with Gasteiger partial charge in [-0.2, -0.15) is 5.06 Å². The summed E-state index contributed by atoms with van der Waals surface area (Å²) >= 11 is 0. The molecule has 0 bridgehead atoms. The van der Waals surface area contributed by atoms with Crippen molar-refractivity contribution in [1.29, 1.82) is 0 Å². The van der Waals surface area contributed by atoms with E-state index in [0.29, 0.717) is 0 Å². The molecule has 1 unspecified atom stereocenters. The highest BCUT2D eigenvalue weighted by molar-refractivity contribution is 5.74. The van der Waals surface area contributed by atoms with Crippen molar-refractivity contribution in [1.82, 2.24) is 5.06 Å². The minimum Gasteiger partial charge on any atom is -0.459 e. The van der Waals surface area contributed by atoms with Crippen LogP contribution in [0.2, 0.25) is 0 Å². The van der Waals surface area contributed by atoms with E-state index >= 15 is 0 Å². The van der Waals surface area contributed by atoms with Gasteiger partial charge < -0.3 is 4.74 Å². The van der Waals surface area contributed by atoms with Crippen LogP contribution in [0.3, 0.4) is 0 Å². The smallest absolute Gasteiger partial charge is 0.337 e. The molecule has 0 N–H and O–H groups in total. The first kappa shape index (κ1) is 16.2. The molecule has 0 spiro atoms. The molecule has 0 saturated carbocycles. The zero-order chi connectivity index (χ0) is 14.7. The minimum atomic E-state index is -0.600. The Balaban J connectivity index is 2.71. The van der Waals surface area contributed by atoms with Crippen LogP contribution in [0.25, 0.3) is 0 Å². The Morgan fingerprint density at radius 3 is 2.32 bits per heavy atom. The lowest BCUT2D eigenvalue weighted by Crippen LogP contribution is -2.59. The zero-order valence-electron chi connectivity index (χ0n) is 12.9. The van der Waals surface area contributed by atoms with Gasteiger partial charge in [0.1, 0.15) is 6.61 Å². The first-order valence-corrected chi connectivity index (χ1v) is 6.95. The fourth-order valence-corrected chi connectivity index (χ4v) is 2.72. The molecule has 1 aliphatic heterocycles. The van der Waals surface area contributed by atoms with Crippen LogP contribution in [-0.4, -0.2) is 34.8 Å². The van der Waals surface area contributed by atoms with Crippen LogP contribution in [0.5, 0.6) is 0 Å². The van der Waals surface area contributed by atoms with Gasteiger partial charge in [-0.05, 0) is 53.9 Å². The van der Waals surface area contributed by atoms with Crippen molar-refractivity contribution in [2.45, 2.75) is 71.1 Å². The van der Waals surface area contributed by atoms with Crippen LogP contribution in [0.4, 0.5) is 0 Å². The Kier molecular flexibility index (Phi) is 5.16. The molecule has 110 valence electrons. The lowest BCUT2D eigenvalue weighted by atomic mass is 9.82. The topological polar surface area (TPSA) is 38.8 Å². The lowest BCUT2D eigenvalue weighted by Gasteiger charge is -2.51. The summed E-state index contributed by atoms with van der Waals surface area (Å²) in [5.74, 6) is -0.350. The number of esters is 1. The number of carbonyl (C=O) groups is 1. The first-order chi connectivity index (χ1) is 8.70. The Bertz CT molecular complexity index is 320. The molecule has 4 heteroatoms. The van der Waals surface area contributed by atoms with Gasteiger partial charge in [0.15, 0.2) is 6.10 Å². The maximum atomic E-state index is 11.8. The van der Waals surface area contributed by atoms with Gasteiger partial charge in [0.05, 0.1) is 0 Å². The second-order valence-corrected chi connectivity index (χ2v) is 6.44. The van der Waals surface area contributed by atoms with Gasteiger partial charge in [-0.25, -0.2) is 4.79 Å². The van der Waals surface area contributed by atoms with E-state index in [1.54, 1.807) is 13.0 Å². The van der Waals surface area contributed by atoms with E-state index in [4.69, 9.17) is 9.57 Å². The third-order valence-electron chi connectivity index (χ3n) is 3.62. The Labute approximate surface area is 116 Å². The molecular formula is C15H27NO3. The largest absolute Gasteiger partial charge is 0.459 e. The highest BCUT2D eigenvalue weighted by atomic mass is 16.7. The third kappa shape index (κ3) is 4.05. The van der Waals surface area contributed by atoms with Gasteiger partial charge in [-0.3, -0.25) is 4.84 Å². The number of hydrogen-bond donors (Lipinski definition) is 0. The van der Waals surface area contributed by atoms with Gasteiger partial charge in [-0.1, -0.05) is 12.7 Å². The van der Waals surface area contributed by atoms with Gasteiger partial charge in [0.25, 0.3) is 0 Å². The van der Waals surface area contributed by atoms with Crippen molar-refractivity contribution in [3.05, 3.63) is 12.7 Å². The monoisotopic (exact) mass is 269 g/mol. The first-order valence-electron chi connectivity index (χ1n) is 6.95. The molecule has 1 rings (SSSR count). The molecule has 0 aliphatic carbocycles. The van der Waals surface area contributed by atoms with Crippen molar-refractivity contribution in [2.24, 2.45) is 0 Å². The number of rotatable bonds is 5. The van der Waals surface area contributed by atoms with Crippen LogP contribution in [0, 0.1) is 0 Å². The summed E-state index contributed by atoms with van der Waals surface area (Å²) in [6.45, 7) is 14.1. The molecule has 0 aromatic carbocycles. The van der Waals surface area contributed by atoms with Crippen molar-refractivity contribution in [3.63, 3.8) is 0 Å². The summed E-state index contributed by atoms with van der Waals surface area (Å²) in [5, 5.41) is 1.98. The van der Waals surface area contributed by atoms with E-state index in [1.165, 1.54) is 6.42 Å². The molecule has 19 heavy (non-hydrogen) atoms. The number of nitrogens with zero attached hydrogens (tertiary/aromatic N) is 1. The quantitative estimate of drug-likeness (QED) is 0.568. The Morgan fingerprint density at radius 2 is 1.84 bits per heavy atom. The van der Waals surface area contributed by atoms with Gasteiger partial charge in [0.2, 0.25) is 0 Å². The van der Waals surface area contributed by atoms with Crippen molar-refractivity contribution >= 4 is 5.97 Å². The van der Waals surface area contributed by atoms with Crippen molar-refractivity contribution < 1.29 is 14.4 Å². The van der Waals surface area contributed by atoms with Gasteiger partial charge in [0, 0.05) is 11.1 Å². The summed E-state index contributed by atoms with van der Waals surface area (Å²) in [4.78, 5) is 17.7. The standard InChI is InChI=1S/C15H27NO3/c1-7-11-18-13(17)12(2)19-16-14(3,4)9-8-10-15(16,5)6/h7,12H,1,8-11H2,2-6H3. The van der Waals surface area contributed by atoms with Crippen LogP contribution in [0.15, 0.2) is 12.7 Å². The van der Waals surface area contributed by atoms with Crippen LogP contribution in [0.1, 0.15) is 53.9 Å².